The van der Waals surface area contributed by atoms with Crippen LogP contribution in [0, 0.1) is 0 Å². The van der Waals surface area contributed by atoms with Gasteiger partial charge in [-0.3, -0.25) is 9.59 Å². The molecule has 1 aliphatic heterocycles. The van der Waals surface area contributed by atoms with Gasteiger partial charge in [0.1, 0.15) is 0 Å². The first-order chi connectivity index (χ1) is 12.3. The fourth-order valence-corrected chi connectivity index (χ4v) is 4.09. The van der Waals surface area contributed by atoms with E-state index in [0.29, 0.717) is 17.0 Å². The largest absolute Gasteiger partial charge is 0.375 e. The van der Waals surface area contributed by atoms with E-state index < -0.39 is 5.91 Å². The van der Waals surface area contributed by atoms with Gasteiger partial charge in [-0.2, -0.15) is 0 Å². The van der Waals surface area contributed by atoms with E-state index >= 15 is 0 Å². The Balaban J connectivity index is 1.73. The number of hydrogen-bond donors (Lipinski definition) is 1. The highest BCUT2D eigenvalue weighted by Crippen LogP contribution is 2.29. The molecule has 1 fully saturated rings. The number of rotatable bonds is 4. The second-order valence-corrected chi connectivity index (χ2v) is 8.22. The molecule has 0 bridgehead atoms. The van der Waals surface area contributed by atoms with Crippen LogP contribution in [-0.2, 0) is 4.74 Å². The molecule has 5 nitrogen and oxygen atoms in total. The molecule has 0 radical (unpaired) electrons. The average Bonchev–Trinajstić information content (AvgIpc) is 3.10. The number of thiophene rings is 1. The molecule has 1 saturated heterocycles. The second kappa shape index (κ2) is 7.21. The highest BCUT2D eigenvalue weighted by molar-refractivity contribution is 7.12. The molecule has 138 valence electrons. The molecule has 0 saturated carbocycles. The molecule has 2 N–H and O–H groups in total. The Hall–Kier alpha value is -2.18. The van der Waals surface area contributed by atoms with Crippen molar-refractivity contribution < 1.29 is 14.3 Å². The molecule has 1 aromatic heterocycles. The van der Waals surface area contributed by atoms with Crippen LogP contribution >= 0.6 is 11.3 Å². The van der Waals surface area contributed by atoms with Crippen LogP contribution in [0.3, 0.4) is 0 Å². The topological polar surface area (TPSA) is 72.6 Å². The van der Waals surface area contributed by atoms with E-state index in [1.165, 1.54) is 11.3 Å². The van der Waals surface area contributed by atoms with Gasteiger partial charge in [-0.05, 0) is 61.4 Å². The van der Waals surface area contributed by atoms with Crippen LogP contribution < -0.4 is 5.73 Å². The smallest absolute Gasteiger partial charge is 0.258 e. The zero-order valence-electron chi connectivity index (χ0n) is 15.3. The first-order valence-electron chi connectivity index (χ1n) is 8.67. The van der Waals surface area contributed by atoms with Crippen molar-refractivity contribution in [2.24, 2.45) is 5.73 Å². The number of benzene rings is 1. The number of nitrogens with two attached hydrogens (primary N) is 1. The minimum Gasteiger partial charge on any atom is -0.375 e. The first kappa shape index (κ1) is 18.6. The summed E-state index contributed by atoms with van der Waals surface area (Å²) in [6, 6.07) is 9.44. The molecule has 3 rings (SSSR count). The van der Waals surface area contributed by atoms with Gasteiger partial charge in [0.15, 0.2) is 0 Å². The third-order valence-corrected chi connectivity index (χ3v) is 5.79. The van der Waals surface area contributed by atoms with Crippen molar-refractivity contribution in [3.05, 3.63) is 46.2 Å². The lowest BCUT2D eigenvalue weighted by Gasteiger charge is -2.39. The van der Waals surface area contributed by atoms with Gasteiger partial charge in [-0.1, -0.05) is 12.1 Å². The maximum atomic E-state index is 12.8. The molecule has 26 heavy (non-hydrogen) atoms. The van der Waals surface area contributed by atoms with Crippen molar-refractivity contribution in [2.45, 2.75) is 38.3 Å². The number of carbonyl (C=O) groups is 2. The molecule has 0 spiro atoms. The summed E-state index contributed by atoms with van der Waals surface area (Å²) >= 11 is 1.32. The molecule has 2 heterocycles. The van der Waals surface area contributed by atoms with E-state index in [2.05, 4.69) is 13.8 Å². The maximum absolute atomic E-state index is 12.8. The molecule has 1 aliphatic rings. The molecule has 0 aliphatic carbocycles. The fourth-order valence-electron chi connectivity index (χ4n) is 3.32. The van der Waals surface area contributed by atoms with Crippen molar-refractivity contribution in [1.82, 2.24) is 4.90 Å². The van der Waals surface area contributed by atoms with E-state index in [4.69, 9.17) is 10.5 Å². The number of hydrogen-bond acceptors (Lipinski definition) is 4. The summed E-state index contributed by atoms with van der Waals surface area (Å²) in [6.45, 7) is 4.80. The molecule has 0 unspecified atom stereocenters. The zero-order valence-corrected chi connectivity index (χ0v) is 16.1. The summed E-state index contributed by atoms with van der Waals surface area (Å²) in [5.41, 5.74) is 7.66. The Morgan fingerprint density at radius 3 is 2.50 bits per heavy atom. The van der Waals surface area contributed by atoms with Crippen molar-refractivity contribution >= 4 is 23.2 Å². The van der Waals surface area contributed by atoms with Crippen molar-refractivity contribution in [3.63, 3.8) is 0 Å². The van der Waals surface area contributed by atoms with Gasteiger partial charge in [-0.25, -0.2) is 0 Å². The molecule has 6 heteroatoms. The van der Waals surface area contributed by atoms with E-state index in [1.807, 2.05) is 41.6 Å². The van der Waals surface area contributed by atoms with Crippen molar-refractivity contribution in [3.8, 4) is 11.1 Å². The minimum atomic E-state index is -0.422. The standard InChI is InChI=1S/C20H24N2O3S/c1-20(2)11-16(8-9-25-20)22(3)19(24)14-6-4-13(5-7-14)15-10-17(18(21)23)26-12-15/h4-7,10,12,16H,8-9,11H2,1-3H3,(H2,21,23)/t16-/m1/s1. The van der Waals surface area contributed by atoms with Crippen LogP contribution in [0.1, 0.15) is 46.7 Å². The number of nitrogens with zero attached hydrogens (tertiary/aromatic N) is 1. The Labute approximate surface area is 157 Å². The lowest BCUT2D eigenvalue weighted by Crippen LogP contribution is -2.46. The van der Waals surface area contributed by atoms with Gasteiger partial charge in [0.2, 0.25) is 0 Å². The monoisotopic (exact) mass is 372 g/mol. The Kier molecular flexibility index (Phi) is 5.16. The van der Waals surface area contributed by atoms with E-state index in [1.54, 1.807) is 6.07 Å². The van der Waals surface area contributed by atoms with E-state index in [0.717, 1.165) is 24.0 Å². The van der Waals surface area contributed by atoms with Crippen LogP contribution in [0.4, 0.5) is 0 Å². The lowest BCUT2D eigenvalue weighted by atomic mass is 9.92. The van der Waals surface area contributed by atoms with E-state index in [9.17, 15) is 9.59 Å². The van der Waals surface area contributed by atoms with Gasteiger partial charge in [0.25, 0.3) is 11.8 Å². The van der Waals surface area contributed by atoms with Gasteiger partial charge in [-0.15, -0.1) is 11.3 Å². The number of carbonyl (C=O) groups excluding carboxylic acids is 2. The highest BCUT2D eigenvalue weighted by Gasteiger charge is 2.32. The number of primary amides is 1. The quantitative estimate of drug-likeness (QED) is 0.892. The third kappa shape index (κ3) is 3.97. The normalized spacial score (nSPS) is 19.1. The highest BCUT2D eigenvalue weighted by atomic mass is 32.1. The predicted molar refractivity (Wildman–Crippen MR) is 103 cm³/mol. The molecule has 2 aromatic rings. The van der Waals surface area contributed by atoms with Gasteiger partial charge in [0, 0.05) is 25.3 Å². The maximum Gasteiger partial charge on any atom is 0.258 e. The minimum absolute atomic E-state index is 0.0161. The van der Waals surface area contributed by atoms with Gasteiger partial charge < -0.3 is 15.4 Å². The number of amides is 2. The fraction of sp³-hybridized carbons (Fsp3) is 0.400. The van der Waals surface area contributed by atoms with Crippen molar-refractivity contribution in [2.75, 3.05) is 13.7 Å². The summed E-state index contributed by atoms with van der Waals surface area (Å²) in [5.74, 6) is -0.406. The molecular formula is C20H24N2O3S. The molecular weight excluding hydrogens is 348 g/mol. The van der Waals surface area contributed by atoms with Gasteiger partial charge in [0.05, 0.1) is 10.5 Å². The Morgan fingerprint density at radius 1 is 1.23 bits per heavy atom. The summed E-state index contributed by atoms with van der Waals surface area (Å²) in [5, 5.41) is 1.90. The van der Waals surface area contributed by atoms with Crippen LogP contribution in [0.5, 0.6) is 0 Å². The average molecular weight is 372 g/mol. The van der Waals surface area contributed by atoms with Crippen LogP contribution in [0.25, 0.3) is 11.1 Å². The molecule has 1 aromatic carbocycles. The summed E-state index contributed by atoms with van der Waals surface area (Å²) < 4.78 is 5.74. The second-order valence-electron chi connectivity index (χ2n) is 7.31. The lowest BCUT2D eigenvalue weighted by molar-refractivity contribution is -0.0756. The SMILES string of the molecule is CN(C(=O)c1ccc(-c2csc(C(N)=O)c2)cc1)[C@@H]1CCOC(C)(C)C1. The van der Waals surface area contributed by atoms with Crippen LogP contribution in [-0.4, -0.2) is 42.0 Å². The summed E-state index contributed by atoms with van der Waals surface area (Å²) in [6.07, 6.45) is 1.69. The van der Waals surface area contributed by atoms with Crippen molar-refractivity contribution in [1.29, 1.82) is 0 Å². The third-order valence-electron chi connectivity index (χ3n) is 4.85. The Morgan fingerprint density at radius 2 is 1.92 bits per heavy atom. The van der Waals surface area contributed by atoms with Crippen LogP contribution in [0.15, 0.2) is 35.7 Å². The molecule has 2 amide bonds. The van der Waals surface area contributed by atoms with E-state index in [-0.39, 0.29) is 17.6 Å². The summed E-state index contributed by atoms with van der Waals surface area (Å²) in [4.78, 5) is 26.4. The molecule has 1 atom stereocenters. The zero-order chi connectivity index (χ0) is 18.9. The van der Waals surface area contributed by atoms with Gasteiger partial charge >= 0.3 is 0 Å². The predicted octanol–water partition coefficient (Wildman–Crippen LogP) is 3.54. The first-order valence-corrected chi connectivity index (χ1v) is 9.55. The van der Waals surface area contributed by atoms with Crippen LogP contribution in [0.2, 0.25) is 0 Å². The summed E-state index contributed by atoms with van der Waals surface area (Å²) in [7, 11) is 1.86. The number of ether oxygens (including phenoxy) is 1. The Bertz CT molecular complexity index is 811.